The number of nitrogens with two attached hydrogens (primary N) is 1. The van der Waals surface area contributed by atoms with E-state index < -0.39 is 19.7 Å². The summed E-state index contributed by atoms with van der Waals surface area (Å²) in [7, 11) is -6.75. The van der Waals surface area contributed by atoms with E-state index in [1.807, 2.05) is 6.07 Å². The molecule has 0 spiro atoms. The molecule has 0 saturated heterocycles. The topological polar surface area (TPSA) is 130 Å². The zero-order valence-corrected chi connectivity index (χ0v) is 14.2. The average Bonchev–Trinajstić information content (AvgIpc) is 2.75. The highest BCUT2D eigenvalue weighted by molar-refractivity contribution is 7.92. The van der Waals surface area contributed by atoms with E-state index in [1.165, 1.54) is 6.92 Å². The van der Waals surface area contributed by atoms with Gasteiger partial charge < -0.3 is 11.1 Å². The lowest BCUT2D eigenvalue weighted by molar-refractivity contribution is 0.597. The molecule has 1 aromatic rings. The average molecular weight is 351 g/mol. The molecule has 0 aliphatic carbocycles. The molecule has 0 radical (unpaired) electrons. The van der Waals surface area contributed by atoms with Gasteiger partial charge in [-0.3, -0.25) is 0 Å². The molecule has 0 amide bonds. The number of sulfone groups is 2. The maximum Gasteiger partial charge on any atom is 0.183 e. The third-order valence-electron chi connectivity index (χ3n) is 2.83. The minimum absolute atomic E-state index is 0.0187. The van der Waals surface area contributed by atoms with Crippen LogP contribution in [0, 0.1) is 11.3 Å². The zero-order valence-electron chi connectivity index (χ0n) is 11.7. The molecule has 1 aromatic heterocycles. The first-order valence-electron chi connectivity index (χ1n) is 6.18. The number of hydrogen-bond acceptors (Lipinski definition) is 8. The van der Waals surface area contributed by atoms with Gasteiger partial charge in [0.15, 0.2) is 19.7 Å². The van der Waals surface area contributed by atoms with E-state index in [4.69, 9.17) is 11.0 Å². The Balaban J connectivity index is 3.11. The first-order valence-corrected chi connectivity index (χ1v) is 10.5. The lowest BCUT2D eigenvalue weighted by Crippen LogP contribution is -2.18. The van der Waals surface area contributed by atoms with Crippen LogP contribution in [0.5, 0.6) is 0 Å². The number of nitriles is 1. The van der Waals surface area contributed by atoms with E-state index in [2.05, 4.69) is 5.32 Å². The number of thiophene rings is 1. The highest BCUT2D eigenvalue weighted by atomic mass is 32.2. The van der Waals surface area contributed by atoms with Crippen molar-refractivity contribution in [2.75, 3.05) is 34.9 Å². The van der Waals surface area contributed by atoms with Crippen molar-refractivity contribution < 1.29 is 16.8 Å². The third kappa shape index (κ3) is 4.09. The van der Waals surface area contributed by atoms with Crippen LogP contribution in [-0.2, 0) is 19.7 Å². The van der Waals surface area contributed by atoms with Crippen LogP contribution in [-0.4, -0.2) is 40.6 Å². The van der Waals surface area contributed by atoms with E-state index in [-0.39, 0.29) is 44.3 Å². The molecule has 0 atom stereocenters. The summed E-state index contributed by atoms with van der Waals surface area (Å²) in [5.74, 6) is -0.250. The summed E-state index contributed by atoms with van der Waals surface area (Å²) in [6.45, 7) is 3.08. The van der Waals surface area contributed by atoms with Gasteiger partial charge in [-0.25, -0.2) is 16.8 Å². The van der Waals surface area contributed by atoms with Gasteiger partial charge in [-0.05, 0) is 0 Å². The Morgan fingerprint density at radius 2 is 1.86 bits per heavy atom. The number of nitrogens with one attached hydrogen (secondary N) is 1. The second kappa shape index (κ2) is 6.64. The molecule has 0 aromatic carbocycles. The van der Waals surface area contributed by atoms with Crippen LogP contribution in [0.2, 0.25) is 0 Å². The molecular weight excluding hydrogens is 334 g/mol. The molecule has 0 aliphatic heterocycles. The summed E-state index contributed by atoms with van der Waals surface area (Å²) in [5.41, 5.74) is 5.63. The monoisotopic (exact) mass is 351 g/mol. The van der Waals surface area contributed by atoms with Crippen LogP contribution < -0.4 is 11.1 Å². The third-order valence-corrected chi connectivity index (χ3v) is 7.54. The molecular formula is C11H17N3O4S3. The fourth-order valence-corrected chi connectivity index (χ4v) is 4.74. The van der Waals surface area contributed by atoms with E-state index in [1.54, 1.807) is 6.92 Å². The minimum Gasteiger partial charge on any atom is -0.396 e. The molecule has 1 heterocycles. The molecule has 1 rings (SSSR count). The molecule has 21 heavy (non-hydrogen) atoms. The Labute approximate surface area is 128 Å². The van der Waals surface area contributed by atoms with Gasteiger partial charge in [0.05, 0.1) is 17.2 Å². The maximum atomic E-state index is 12.0. The van der Waals surface area contributed by atoms with Gasteiger partial charge in [0, 0.05) is 12.3 Å². The fraction of sp³-hybridized carbons (Fsp3) is 0.545. The Morgan fingerprint density at radius 1 is 1.24 bits per heavy atom. The van der Waals surface area contributed by atoms with E-state index in [0.717, 1.165) is 11.3 Å². The van der Waals surface area contributed by atoms with Crippen molar-refractivity contribution in [3.63, 3.8) is 0 Å². The van der Waals surface area contributed by atoms with Gasteiger partial charge in [-0.15, -0.1) is 11.3 Å². The molecule has 0 unspecified atom stereocenters. The van der Waals surface area contributed by atoms with Crippen molar-refractivity contribution in [3.05, 3.63) is 4.88 Å². The Bertz CT molecular complexity index is 757. The molecule has 0 fully saturated rings. The lowest BCUT2D eigenvalue weighted by atomic mass is 10.4. The Kier molecular flexibility index (Phi) is 5.61. The van der Waals surface area contributed by atoms with Crippen molar-refractivity contribution in [2.24, 2.45) is 0 Å². The first kappa shape index (κ1) is 17.7. The number of anilines is 2. The highest BCUT2D eigenvalue weighted by Crippen LogP contribution is 2.39. The second-order valence-corrected chi connectivity index (χ2v) is 9.89. The summed E-state index contributed by atoms with van der Waals surface area (Å²) in [4.78, 5) is -0.0108. The number of hydrogen-bond donors (Lipinski definition) is 2. The summed E-state index contributed by atoms with van der Waals surface area (Å²) < 4.78 is 46.9. The highest BCUT2D eigenvalue weighted by Gasteiger charge is 2.26. The molecule has 7 nitrogen and oxygen atoms in total. The van der Waals surface area contributed by atoms with Gasteiger partial charge in [-0.1, -0.05) is 13.8 Å². The van der Waals surface area contributed by atoms with Crippen LogP contribution in [0.15, 0.2) is 4.90 Å². The summed E-state index contributed by atoms with van der Waals surface area (Å²) >= 11 is 0.915. The molecule has 0 bridgehead atoms. The fourth-order valence-electron chi connectivity index (χ4n) is 1.55. The van der Waals surface area contributed by atoms with Crippen molar-refractivity contribution in [1.82, 2.24) is 0 Å². The van der Waals surface area contributed by atoms with Crippen molar-refractivity contribution in [2.45, 2.75) is 18.7 Å². The number of nitrogens with zero attached hydrogens (tertiary/aromatic N) is 1. The molecule has 0 saturated carbocycles. The summed E-state index contributed by atoms with van der Waals surface area (Å²) in [5, 5.41) is 11.9. The van der Waals surface area contributed by atoms with Gasteiger partial charge in [0.1, 0.15) is 20.8 Å². The van der Waals surface area contributed by atoms with Crippen LogP contribution in [0.1, 0.15) is 18.7 Å². The predicted molar refractivity (Wildman–Crippen MR) is 84.0 cm³/mol. The molecule has 118 valence electrons. The quantitative estimate of drug-likeness (QED) is 0.744. The van der Waals surface area contributed by atoms with Gasteiger partial charge in [0.2, 0.25) is 0 Å². The first-order chi connectivity index (χ1) is 9.68. The van der Waals surface area contributed by atoms with Gasteiger partial charge >= 0.3 is 0 Å². The van der Waals surface area contributed by atoms with Gasteiger partial charge in [-0.2, -0.15) is 5.26 Å². The van der Waals surface area contributed by atoms with Crippen LogP contribution in [0.25, 0.3) is 0 Å². The Morgan fingerprint density at radius 3 is 2.33 bits per heavy atom. The lowest BCUT2D eigenvalue weighted by Gasteiger charge is -2.08. The largest absolute Gasteiger partial charge is 0.396 e. The van der Waals surface area contributed by atoms with Crippen LogP contribution >= 0.6 is 11.3 Å². The predicted octanol–water partition coefficient (Wildman–Crippen LogP) is 0.842. The van der Waals surface area contributed by atoms with Crippen molar-refractivity contribution >= 4 is 41.7 Å². The normalized spacial score (nSPS) is 12.0. The van der Waals surface area contributed by atoms with Crippen LogP contribution in [0.4, 0.5) is 10.7 Å². The molecule has 3 N–H and O–H groups in total. The van der Waals surface area contributed by atoms with Crippen LogP contribution in [0.3, 0.4) is 0 Å². The van der Waals surface area contributed by atoms with Crippen molar-refractivity contribution in [3.8, 4) is 6.07 Å². The van der Waals surface area contributed by atoms with Crippen molar-refractivity contribution in [1.29, 1.82) is 5.26 Å². The maximum absolute atomic E-state index is 12.0. The second-order valence-electron chi connectivity index (χ2n) is 4.18. The molecule has 0 aliphatic rings. The summed E-state index contributed by atoms with van der Waals surface area (Å²) in [6.07, 6.45) is 0. The zero-order chi connectivity index (χ0) is 16.3. The number of rotatable bonds is 7. The smallest absolute Gasteiger partial charge is 0.183 e. The Hall–Kier alpha value is -1.31. The minimum atomic E-state index is -3.60. The van der Waals surface area contributed by atoms with Gasteiger partial charge in [0.25, 0.3) is 0 Å². The molecule has 10 heteroatoms. The SMILES string of the molecule is CCS(=O)(=O)CCNc1sc(C#N)c(N)c1S(=O)(=O)CC. The van der Waals surface area contributed by atoms with E-state index >= 15 is 0 Å². The van der Waals surface area contributed by atoms with E-state index in [9.17, 15) is 16.8 Å². The number of nitrogen functional groups attached to an aromatic ring is 1. The standard InChI is InChI=1S/C11H17N3O4S3/c1-3-20(15,16)6-5-14-11-10(21(17,18)4-2)9(13)8(7-12)19-11/h14H,3-6,13H2,1-2H3. The summed E-state index contributed by atoms with van der Waals surface area (Å²) in [6, 6.07) is 1.84. The van der Waals surface area contributed by atoms with E-state index in [0.29, 0.717) is 0 Å².